The van der Waals surface area contributed by atoms with E-state index in [1.54, 1.807) is 22.7 Å². The number of fused-ring (bicyclic) bond motifs is 2. The summed E-state index contributed by atoms with van der Waals surface area (Å²) in [6.45, 7) is 4.97. The topological polar surface area (TPSA) is 175 Å². The van der Waals surface area contributed by atoms with Crippen LogP contribution in [0.25, 0.3) is 52.6 Å². The largest absolute Gasteiger partial charge is 0.453 e. The van der Waals surface area contributed by atoms with Gasteiger partial charge in [0.25, 0.3) is 5.91 Å². The number of aromatic nitrogens is 4. The lowest BCUT2D eigenvalue weighted by atomic mass is 10.0. The molecule has 9 rings (SSSR count). The first-order valence-electron chi connectivity index (χ1n) is 21.1. The second-order valence-corrected chi connectivity index (χ2v) is 18.4. The number of aromatic amines is 2. The van der Waals surface area contributed by atoms with Crippen molar-refractivity contribution in [3.8, 4) is 32.1 Å². The maximum Gasteiger partial charge on any atom is 0.407 e. The minimum Gasteiger partial charge on any atom is -0.453 e. The Kier molecular flexibility index (Phi) is 11.7. The van der Waals surface area contributed by atoms with Gasteiger partial charge in [0.05, 0.1) is 43.0 Å². The number of alkyl carbamates (subject to hydrolysis) is 2. The predicted molar refractivity (Wildman–Crippen MR) is 244 cm³/mol. The quantitative estimate of drug-likeness (QED) is 0.0994. The highest BCUT2D eigenvalue weighted by molar-refractivity contribution is 7.31. The minimum absolute atomic E-state index is 0.103. The SMILES string of the molecule is COC(=O)N[C@H](C(=O)N1CCC[C@H]1c1nc(-c2ccc(-c3cc4sc(-c5ccc6nc([C@@H]7CCCN7C(=O)[C@H](NC(=O)OC)c7ccccc7)[nH]c6c5)cc4s3)cc2)c[nH]1)C(C)C. The molecule has 2 aliphatic rings. The standard InChI is InChI=1S/C47H48N8O6S2/c1-26(2)40(52-46(58)60-3)44(56)54-20-8-12-34(54)42-48-25-33(51-42)27-14-16-28(17-15-27)36-23-38-39(62-36)24-37(63-38)30-18-19-31-32(22-30)50-43(49-31)35-13-9-21-55(35)45(57)41(53-47(59)61-4)29-10-6-5-7-11-29/h5-7,10-11,14-19,22-26,34-35,40-41H,8-9,12-13,20-21H2,1-4H3,(H,48,51)(H,49,50)(H,52,58)(H,53,59)/t34-,35-,40-,41+/m0/s1. The van der Waals surface area contributed by atoms with Gasteiger partial charge in [0, 0.05) is 44.0 Å². The molecular weight excluding hydrogens is 837 g/mol. The molecule has 4 atom stereocenters. The molecule has 16 heteroatoms. The van der Waals surface area contributed by atoms with Gasteiger partial charge >= 0.3 is 12.2 Å². The normalized spacial score (nSPS) is 17.3. The number of rotatable bonds is 11. The third kappa shape index (κ3) is 8.40. The van der Waals surface area contributed by atoms with E-state index in [0.29, 0.717) is 18.7 Å². The molecule has 324 valence electrons. The first kappa shape index (κ1) is 41.8. The highest BCUT2D eigenvalue weighted by atomic mass is 32.1. The van der Waals surface area contributed by atoms with Crippen LogP contribution in [0.4, 0.5) is 9.59 Å². The molecule has 0 radical (unpaired) electrons. The van der Waals surface area contributed by atoms with Gasteiger partial charge in [-0.05, 0) is 72.6 Å². The van der Waals surface area contributed by atoms with Crippen molar-refractivity contribution in [1.29, 1.82) is 0 Å². The lowest BCUT2D eigenvalue weighted by molar-refractivity contribution is -0.135. The number of carbonyl (C=O) groups is 4. The molecule has 2 fully saturated rings. The van der Waals surface area contributed by atoms with Crippen LogP contribution in [0.3, 0.4) is 0 Å². The Morgan fingerprint density at radius 1 is 0.714 bits per heavy atom. The van der Waals surface area contributed by atoms with Crippen molar-refractivity contribution < 1.29 is 28.7 Å². The van der Waals surface area contributed by atoms with Crippen molar-refractivity contribution in [2.75, 3.05) is 27.3 Å². The van der Waals surface area contributed by atoms with Crippen LogP contribution in [-0.2, 0) is 19.1 Å². The van der Waals surface area contributed by atoms with Crippen LogP contribution >= 0.6 is 22.7 Å². The molecule has 0 saturated carbocycles. The summed E-state index contributed by atoms with van der Waals surface area (Å²) in [6, 6.07) is 26.3. The molecule has 0 unspecified atom stereocenters. The third-order valence-electron chi connectivity index (χ3n) is 12.0. The molecule has 0 bridgehead atoms. The Balaban J connectivity index is 0.879. The molecule has 7 aromatic rings. The number of imidazole rings is 2. The van der Waals surface area contributed by atoms with Crippen molar-refractivity contribution in [1.82, 2.24) is 40.4 Å². The number of carbonyl (C=O) groups excluding carboxylic acids is 4. The van der Waals surface area contributed by atoms with Crippen LogP contribution in [0.15, 0.2) is 91.1 Å². The predicted octanol–water partition coefficient (Wildman–Crippen LogP) is 9.37. The van der Waals surface area contributed by atoms with Crippen molar-refractivity contribution in [2.24, 2.45) is 5.92 Å². The van der Waals surface area contributed by atoms with Crippen LogP contribution in [0.1, 0.15) is 74.9 Å². The minimum atomic E-state index is -0.878. The average Bonchev–Trinajstić information content (AvgIpc) is 4.16. The maximum atomic E-state index is 14.0. The van der Waals surface area contributed by atoms with Crippen LogP contribution in [0, 0.1) is 5.92 Å². The molecule has 3 aromatic carbocycles. The Bertz CT molecular complexity index is 2760. The lowest BCUT2D eigenvalue weighted by Gasteiger charge is -2.29. The highest BCUT2D eigenvalue weighted by Gasteiger charge is 2.39. The fourth-order valence-corrected chi connectivity index (χ4v) is 11.1. The number of thiophene rings is 2. The summed E-state index contributed by atoms with van der Waals surface area (Å²) in [6.07, 6.45) is 3.83. The number of H-pyrrole nitrogens is 2. The van der Waals surface area contributed by atoms with Crippen LogP contribution in [0.2, 0.25) is 0 Å². The molecule has 4 N–H and O–H groups in total. The molecule has 0 aliphatic carbocycles. The third-order valence-corrected chi connectivity index (χ3v) is 14.4. The van der Waals surface area contributed by atoms with Gasteiger partial charge in [-0.2, -0.15) is 0 Å². The van der Waals surface area contributed by atoms with Crippen molar-refractivity contribution >= 4 is 67.1 Å². The summed E-state index contributed by atoms with van der Waals surface area (Å²) in [5.74, 6) is 1.02. The zero-order valence-corrected chi connectivity index (χ0v) is 37.0. The van der Waals surface area contributed by atoms with E-state index in [4.69, 9.17) is 19.4 Å². The number of amides is 4. The molecule has 4 aromatic heterocycles. The van der Waals surface area contributed by atoms with Gasteiger partial charge in [0.1, 0.15) is 23.7 Å². The number of hydrogen-bond donors (Lipinski definition) is 4. The number of methoxy groups -OCH3 is 2. The maximum absolute atomic E-state index is 14.0. The zero-order chi connectivity index (χ0) is 43.8. The van der Waals surface area contributed by atoms with E-state index in [2.05, 4.69) is 69.1 Å². The molecule has 63 heavy (non-hydrogen) atoms. The summed E-state index contributed by atoms with van der Waals surface area (Å²) >= 11 is 3.51. The molecular formula is C47H48N8O6S2. The van der Waals surface area contributed by atoms with E-state index in [-0.39, 0.29) is 29.8 Å². The molecule has 2 aliphatic heterocycles. The number of ether oxygens (including phenoxy) is 2. The van der Waals surface area contributed by atoms with Gasteiger partial charge in [-0.3, -0.25) is 9.59 Å². The number of nitrogens with zero attached hydrogens (tertiary/aromatic N) is 4. The van der Waals surface area contributed by atoms with Crippen molar-refractivity contribution in [2.45, 2.75) is 63.7 Å². The smallest absolute Gasteiger partial charge is 0.407 e. The Morgan fingerprint density at radius 2 is 1.32 bits per heavy atom. The Labute approximate surface area is 372 Å². The summed E-state index contributed by atoms with van der Waals surface area (Å²) in [7, 11) is 2.58. The van der Waals surface area contributed by atoms with E-state index in [9.17, 15) is 19.2 Å². The number of nitrogens with one attached hydrogen (secondary N) is 4. The Morgan fingerprint density at radius 3 is 1.98 bits per heavy atom. The summed E-state index contributed by atoms with van der Waals surface area (Å²) in [4.78, 5) is 74.5. The molecule has 4 amide bonds. The van der Waals surface area contributed by atoms with Crippen molar-refractivity contribution in [3.05, 3.63) is 108 Å². The summed E-state index contributed by atoms with van der Waals surface area (Å²) < 4.78 is 12.0. The average molecular weight is 885 g/mol. The second-order valence-electron chi connectivity index (χ2n) is 16.3. The monoisotopic (exact) mass is 884 g/mol. The molecule has 6 heterocycles. The Hall–Kier alpha value is -6.52. The first-order valence-corrected chi connectivity index (χ1v) is 22.8. The van der Waals surface area contributed by atoms with E-state index >= 15 is 0 Å². The lowest BCUT2D eigenvalue weighted by Crippen LogP contribution is -2.51. The molecule has 2 saturated heterocycles. The number of benzene rings is 3. The summed E-state index contributed by atoms with van der Waals surface area (Å²) in [5, 5.41) is 5.44. The van der Waals surface area contributed by atoms with E-state index < -0.39 is 24.3 Å². The highest BCUT2D eigenvalue weighted by Crippen LogP contribution is 2.43. The van der Waals surface area contributed by atoms with Gasteiger partial charge < -0.3 is 39.9 Å². The van der Waals surface area contributed by atoms with Gasteiger partial charge in [-0.15, -0.1) is 22.7 Å². The number of likely N-dealkylation sites (tertiary alicyclic amines) is 2. The van der Waals surface area contributed by atoms with Crippen LogP contribution in [-0.4, -0.2) is 87.1 Å². The fraction of sp³-hybridized carbons (Fsp3) is 0.319. The summed E-state index contributed by atoms with van der Waals surface area (Å²) in [5.41, 5.74) is 6.41. The van der Waals surface area contributed by atoms with Gasteiger partial charge in [0.15, 0.2) is 0 Å². The first-order chi connectivity index (χ1) is 30.6. The van der Waals surface area contributed by atoms with Gasteiger partial charge in [-0.25, -0.2) is 19.6 Å². The fourth-order valence-electron chi connectivity index (χ4n) is 8.70. The molecule has 0 spiro atoms. The van der Waals surface area contributed by atoms with E-state index in [0.717, 1.165) is 75.6 Å². The van der Waals surface area contributed by atoms with Crippen LogP contribution < -0.4 is 10.6 Å². The zero-order valence-electron chi connectivity index (χ0n) is 35.3. The van der Waals surface area contributed by atoms with Gasteiger partial charge in [0.2, 0.25) is 5.91 Å². The van der Waals surface area contributed by atoms with Crippen LogP contribution in [0.5, 0.6) is 0 Å². The van der Waals surface area contributed by atoms with E-state index in [1.165, 1.54) is 28.5 Å². The van der Waals surface area contributed by atoms with E-state index in [1.807, 2.05) is 66.2 Å². The van der Waals surface area contributed by atoms with Gasteiger partial charge in [-0.1, -0.05) is 74.5 Å². The van der Waals surface area contributed by atoms with Crippen molar-refractivity contribution in [3.63, 3.8) is 0 Å². The molecule has 14 nitrogen and oxygen atoms in total. The number of hydrogen-bond acceptors (Lipinski definition) is 10. The second kappa shape index (κ2) is 17.7.